The summed E-state index contributed by atoms with van der Waals surface area (Å²) in [6.45, 7) is 2.56. The molecule has 1 aromatic heterocycles. The molecule has 27 heavy (non-hydrogen) atoms. The highest BCUT2D eigenvalue weighted by atomic mass is 16.5. The Morgan fingerprint density at radius 2 is 1.78 bits per heavy atom. The van der Waals surface area contributed by atoms with Gasteiger partial charge in [-0.15, -0.1) is 0 Å². The van der Waals surface area contributed by atoms with Crippen LogP contribution < -0.4 is 15.5 Å². The Hall–Kier alpha value is -2.97. The van der Waals surface area contributed by atoms with Crippen LogP contribution in [0.3, 0.4) is 0 Å². The summed E-state index contributed by atoms with van der Waals surface area (Å²) in [6.07, 6.45) is 2.97. The van der Waals surface area contributed by atoms with Gasteiger partial charge < -0.3 is 25.4 Å². The molecule has 0 spiro atoms. The van der Waals surface area contributed by atoms with Crippen molar-refractivity contribution in [1.29, 1.82) is 0 Å². The van der Waals surface area contributed by atoms with Gasteiger partial charge in [-0.2, -0.15) is 0 Å². The van der Waals surface area contributed by atoms with E-state index >= 15 is 0 Å². The highest BCUT2D eigenvalue weighted by Gasteiger charge is 2.21. The number of anilines is 2. The first-order chi connectivity index (χ1) is 13.2. The van der Waals surface area contributed by atoms with E-state index in [1.165, 1.54) is 24.5 Å². The fraction of sp³-hybridized carbons (Fsp3) is 0.316. The monoisotopic (exact) mass is 370 g/mol. The fourth-order valence-electron chi connectivity index (χ4n) is 2.75. The minimum Gasteiger partial charge on any atom is -0.394 e. The number of amides is 2. The van der Waals surface area contributed by atoms with Crippen LogP contribution in [0.2, 0.25) is 0 Å². The molecule has 1 aliphatic heterocycles. The van der Waals surface area contributed by atoms with E-state index in [1.807, 2.05) is 12.1 Å². The molecule has 2 heterocycles. The molecule has 3 rings (SSSR count). The summed E-state index contributed by atoms with van der Waals surface area (Å²) >= 11 is 0. The van der Waals surface area contributed by atoms with E-state index in [9.17, 15) is 14.7 Å². The van der Waals surface area contributed by atoms with Gasteiger partial charge in [0.05, 0.1) is 19.8 Å². The van der Waals surface area contributed by atoms with Gasteiger partial charge in [-0.1, -0.05) is 0 Å². The third kappa shape index (κ3) is 5.02. The number of pyridine rings is 1. The summed E-state index contributed by atoms with van der Waals surface area (Å²) < 4.78 is 5.34. The van der Waals surface area contributed by atoms with Crippen molar-refractivity contribution in [3.8, 4) is 0 Å². The Balaban J connectivity index is 1.58. The van der Waals surface area contributed by atoms with Gasteiger partial charge in [0.2, 0.25) is 5.91 Å². The zero-order valence-electron chi connectivity index (χ0n) is 14.8. The summed E-state index contributed by atoms with van der Waals surface area (Å²) in [7, 11) is 0. The molecule has 2 aromatic rings. The second kappa shape index (κ2) is 9.11. The first kappa shape index (κ1) is 18.8. The second-order valence-corrected chi connectivity index (χ2v) is 6.08. The van der Waals surface area contributed by atoms with Crippen molar-refractivity contribution in [1.82, 2.24) is 10.3 Å². The minimum absolute atomic E-state index is 0.367. The molecule has 1 fully saturated rings. The van der Waals surface area contributed by atoms with Crippen LogP contribution in [0.25, 0.3) is 0 Å². The van der Waals surface area contributed by atoms with Gasteiger partial charge in [0.1, 0.15) is 6.04 Å². The molecular weight excluding hydrogens is 348 g/mol. The van der Waals surface area contributed by atoms with Gasteiger partial charge in [-0.25, -0.2) is 0 Å². The molecule has 8 nitrogen and oxygen atoms in total. The number of aromatic nitrogens is 1. The van der Waals surface area contributed by atoms with Crippen molar-refractivity contribution in [2.24, 2.45) is 0 Å². The molecule has 0 aliphatic carbocycles. The number of hydrogen-bond acceptors (Lipinski definition) is 6. The predicted octanol–water partition coefficient (Wildman–Crippen LogP) is 0.648. The minimum atomic E-state index is -1.05. The number of nitrogens with zero attached hydrogens (tertiary/aromatic N) is 2. The first-order valence-electron chi connectivity index (χ1n) is 8.73. The lowest BCUT2D eigenvalue weighted by molar-refractivity contribution is -0.118. The van der Waals surface area contributed by atoms with Crippen molar-refractivity contribution in [3.63, 3.8) is 0 Å². The number of aliphatic hydroxyl groups excluding tert-OH is 1. The number of rotatable bonds is 6. The molecule has 0 radical (unpaired) electrons. The highest BCUT2D eigenvalue weighted by Crippen LogP contribution is 2.19. The maximum atomic E-state index is 12.4. The number of morpholine rings is 1. The fourth-order valence-corrected chi connectivity index (χ4v) is 2.75. The lowest BCUT2D eigenvalue weighted by Gasteiger charge is -2.29. The summed E-state index contributed by atoms with van der Waals surface area (Å²) in [5.41, 5.74) is 2.01. The molecule has 1 unspecified atom stereocenters. The first-order valence-corrected chi connectivity index (χ1v) is 8.73. The summed E-state index contributed by atoms with van der Waals surface area (Å²) in [4.78, 5) is 30.6. The average molecular weight is 370 g/mol. The standard InChI is InChI=1S/C19H22N4O4/c24-13-17(22-18(25)14-5-7-20-8-6-14)19(26)21-15-1-3-16(4-2-15)23-9-11-27-12-10-23/h1-8,17,24H,9-13H2,(H,21,26)(H,22,25). The predicted molar refractivity (Wildman–Crippen MR) is 101 cm³/mol. The average Bonchev–Trinajstić information content (AvgIpc) is 2.73. The quantitative estimate of drug-likeness (QED) is 0.690. The molecule has 1 saturated heterocycles. The van der Waals surface area contributed by atoms with Crippen LogP contribution in [0.15, 0.2) is 48.8 Å². The molecule has 1 aliphatic rings. The van der Waals surface area contributed by atoms with E-state index in [1.54, 1.807) is 12.1 Å². The van der Waals surface area contributed by atoms with E-state index in [2.05, 4.69) is 20.5 Å². The van der Waals surface area contributed by atoms with Crippen LogP contribution in [0.5, 0.6) is 0 Å². The van der Waals surface area contributed by atoms with Gasteiger partial charge in [-0.3, -0.25) is 14.6 Å². The number of nitrogens with one attached hydrogen (secondary N) is 2. The Morgan fingerprint density at radius 1 is 1.11 bits per heavy atom. The van der Waals surface area contributed by atoms with Crippen LogP contribution in [0, 0.1) is 0 Å². The Morgan fingerprint density at radius 3 is 2.41 bits per heavy atom. The van der Waals surface area contributed by atoms with Crippen LogP contribution in [0.1, 0.15) is 10.4 Å². The van der Waals surface area contributed by atoms with E-state index in [-0.39, 0.29) is 0 Å². The molecule has 8 heteroatoms. The lowest BCUT2D eigenvalue weighted by Crippen LogP contribution is -2.46. The zero-order chi connectivity index (χ0) is 19.1. The molecule has 0 saturated carbocycles. The van der Waals surface area contributed by atoms with E-state index in [0.717, 1.165) is 18.8 Å². The highest BCUT2D eigenvalue weighted by molar-refractivity contribution is 6.01. The van der Waals surface area contributed by atoms with Crippen LogP contribution in [-0.4, -0.2) is 60.9 Å². The Labute approximate surface area is 157 Å². The van der Waals surface area contributed by atoms with Crippen LogP contribution >= 0.6 is 0 Å². The van der Waals surface area contributed by atoms with E-state index in [4.69, 9.17) is 4.74 Å². The number of hydrogen-bond donors (Lipinski definition) is 3. The largest absolute Gasteiger partial charge is 0.394 e. The van der Waals surface area contributed by atoms with Crippen molar-refractivity contribution < 1.29 is 19.4 Å². The smallest absolute Gasteiger partial charge is 0.252 e. The van der Waals surface area contributed by atoms with Gasteiger partial charge in [0.15, 0.2) is 0 Å². The molecule has 1 aromatic carbocycles. The number of ether oxygens (including phenoxy) is 1. The van der Waals surface area contributed by atoms with Crippen molar-refractivity contribution in [2.45, 2.75) is 6.04 Å². The third-order valence-corrected chi connectivity index (χ3v) is 4.26. The maximum absolute atomic E-state index is 12.4. The summed E-state index contributed by atoms with van der Waals surface area (Å²) in [5.74, 6) is -0.937. The number of aliphatic hydroxyl groups is 1. The zero-order valence-corrected chi connectivity index (χ0v) is 14.8. The summed E-state index contributed by atoms with van der Waals surface area (Å²) in [5, 5.41) is 14.7. The Bertz CT molecular complexity index is 761. The van der Waals surface area contributed by atoms with Gasteiger partial charge >= 0.3 is 0 Å². The third-order valence-electron chi connectivity index (χ3n) is 4.26. The molecule has 2 amide bonds. The number of carbonyl (C=O) groups is 2. The normalized spacial score (nSPS) is 15.1. The van der Waals surface area contributed by atoms with Gasteiger partial charge in [-0.05, 0) is 36.4 Å². The lowest BCUT2D eigenvalue weighted by atomic mass is 10.2. The maximum Gasteiger partial charge on any atom is 0.252 e. The Kier molecular flexibility index (Phi) is 6.35. The van der Waals surface area contributed by atoms with Crippen molar-refractivity contribution >= 4 is 23.2 Å². The van der Waals surface area contributed by atoms with E-state index < -0.39 is 24.5 Å². The van der Waals surface area contributed by atoms with Gasteiger partial charge in [0.25, 0.3) is 5.91 Å². The molecular formula is C19H22N4O4. The second-order valence-electron chi connectivity index (χ2n) is 6.08. The molecule has 3 N–H and O–H groups in total. The van der Waals surface area contributed by atoms with Crippen LogP contribution in [-0.2, 0) is 9.53 Å². The SMILES string of the molecule is O=C(NC(CO)C(=O)Nc1ccc(N2CCOCC2)cc1)c1ccncc1. The van der Waals surface area contributed by atoms with E-state index in [0.29, 0.717) is 24.5 Å². The van der Waals surface area contributed by atoms with Gasteiger partial charge in [0, 0.05) is 42.4 Å². The number of benzene rings is 1. The summed E-state index contributed by atoms with van der Waals surface area (Å²) in [6, 6.07) is 9.45. The topological polar surface area (TPSA) is 104 Å². The number of carbonyl (C=O) groups excluding carboxylic acids is 2. The van der Waals surface area contributed by atoms with Crippen molar-refractivity contribution in [3.05, 3.63) is 54.4 Å². The molecule has 1 atom stereocenters. The van der Waals surface area contributed by atoms with Crippen LogP contribution in [0.4, 0.5) is 11.4 Å². The molecule has 0 bridgehead atoms. The van der Waals surface area contributed by atoms with Crippen molar-refractivity contribution in [2.75, 3.05) is 43.1 Å². The molecule has 142 valence electrons.